The Kier molecular flexibility index (Phi) is 4.42. The molecule has 2 aromatic rings. The molecule has 0 radical (unpaired) electrons. The third kappa shape index (κ3) is 2.84. The van der Waals surface area contributed by atoms with Crippen molar-refractivity contribution in [3.63, 3.8) is 0 Å². The standard InChI is InChI=1S/C5H5N5.C5H10O5/c6-4-3-1-9-10-5(3)8-2-7-4;6-1-2-3(7)4(8)5(9)10-2/h1-2H,(H3,6,7,8,9,10);2-9H,1H2/t;2-,3-,4-,5?/m.1/s1. The highest BCUT2D eigenvalue weighted by molar-refractivity contribution is 5.83. The van der Waals surface area contributed by atoms with Crippen molar-refractivity contribution in [2.75, 3.05) is 12.3 Å². The van der Waals surface area contributed by atoms with E-state index in [1.165, 1.54) is 6.33 Å². The lowest BCUT2D eigenvalue weighted by Gasteiger charge is -2.09. The van der Waals surface area contributed by atoms with Gasteiger partial charge in [-0.3, -0.25) is 5.10 Å². The summed E-state index contributed by atoms with van der Waals surface area (Å²) in [5.74, 6) is 0.457. The molecule has 0 aromatic carbocycles. The molecule has 3 rings (SSSR count). The Hall–Kier alpha value is -1.85. The molecule has 10 heteroatoms. The first kappa shape index (κ1) is 14.6. The number of nitrogens with zero attached hydrogens (tertiary/aromatic N) is 3. The molecule has 4 atom stereocenters. The molecule has 20 heavy (non-hydrogen) atoms. The minimum atomic E-state index is -1.38. The summed E-state index contributed by atoms with van der Waals surface area (Å²) in [5, 5.41) is 42.2. The Morgan fingerprint density at radius 2 is 2.00 bits per heavy atom. The summed E-state index contributed by atoms with van der Waals surface area (Å²) < 4.78 is 4.54. The maximum atomic E-state index is 8.93. The number of aliphatic hydroxyl groups excluding tert-OH is 4. The number of rotatable bonds is 1. The van der Waals surface area contributed by atoms with Gasteiger partial charge in [0.05, 0.1) is 18.2 Å². The summed E-state index contributed by atoms with van der Waals surface area (Å²) in [6.07, 6.45) is -1.75. The van der Waals surface area contributed by atoms with Crippen molar-refractivity contribution < 1.29 is 25.2 Å². The molecule has 1 aliphatic heterocycles. The first-order chi connectivity index (χ1) is 9.54. The summed E-state index contributed by atoms with van der Waals surface area (Å²) in [7, 11) is 0. The van der Waals surface area contributed by atoms with Crippen LogP contribution in [0.2, 0.25) is 0 Å². The Morgan fingerprint density at radius 3 is 2.50 bits per heavy atom. The van der Waals surface area contributed by atoms with Gasteiger partial charge in [0.15, 0.2) is 11.9 Å². The van der Waals surface area contributed by atoms with Gasteiger partial charge in [0.1, 0.15) is 30.5 Å². The van der Waals surface area contributed by atoms with Gasteiger partial charge in [0.25, 0.3) is 0 Å². The predicted octanol–water partition coefficient (Wildman–Crippen LogP) is -2.65. The number of hydrogen-bond donors (Lipinski definition) is 6. The minimum Gasteiger partial charge on any atom is -0.394 e. The maximum absolute atomic E-state index is 8.93. The number of fused-ring (bicyclic) bond motifs is 1. The molecule has 110 valence electrons. The van der Waals surface area contributed by atoms with Crippen LogP contribution in [0.5, 0.6) is 0 Å². The van der Waals surface area contributed by atoms with Crippen LogP contribution in [0.15, 0.2) is 12.5 Å². The first-order valence-electron chi connectivity index (χ1n) is 5.74. The van der Waals surface area contributed by atoms with Gasteiger partial charge in [-0.2, -0.15) is 5.10 Å². The van der Waals surface area contributed by atoms with Crippen molar-refractivity contribution in [3.05, 3.63) is 12.5 Å². The number of aromatic nitrogens is 4. The SMILES string of the molecule is Nc1ncnc2[nH]ncc12.OC[C@H]1OC(O)[C@H](O)[C@@H]1O. The van der Waals surface area contributed by atoms with Crippen LogP contribution in [0.1, 0.15) is 0 Å². The fourth-order valence-corrected chi connectivity index (χ4v) is 1.66. The van der Waals surface area contributed by atoms with Gasteiger partial charge in [-0.25, -0.2) is 9.97 Å². The summed E-state index contributed by atoms with van der Waals surface area (Å²) in [5.41, 5.74) is 6.16. The minimum absolute atomic E-state index is 0.407. The second kappa shape index (κ2) is 6.07. The maximum Gasteiger partial charge on any atom is 0.184 e. The van der Waals surface area contributed by atoms with Crippen LogP contribution in [0.25, 0.3) is 11.0 Å². The van der Waals surface area contributed by atoms with Crippen molar-refractivity contribution >= 4 is 16.9 Å². The summed E-state index contributed by atoms with van der Waals surface area (Å²) >= 11 is 0. The van der Waals surface area contributed by atoms with Crippen molar-refractivity contribution in [1.29, 1.82) is 0 Å². The van der Waals surface area contributed by atoms with E-state index in [-0.39, 0.29) is 0 Å². The Balaban J connectivity index is 0.000000147. The molecule has 0 aliphatic carbocycles. The highest BCUT2D eigenvalue weighted by Gasteiger charge is 2.41. The lowest BCUT2D eigenvalue weighted by molar-refractivity contribution is -0.132. The molecule has 0 bridgehead atoms. The van der Waals surface area contributed by atoms with Crippen LogP contribution in [-0.4, -0.2) is 71.8 Å². The molecule has 1 unspecified atom stereocenters. The molecule has 1 aliphatic rings. The summed E-state index contributed by atoms with van der Waals surface area (Å²) in [6, 6.07) is 0. The number of hydrogen-bond acceptors (Lipinski definition) is 9. The number of nitrogens with two attached hydrogens (primary N) is 1. The van der Waals surface area contributed by atoms with E-state index in [1.54, 1.807) is 6.20 Å². The number of aromatic amines is 1. The largest absolute Gasteiger partial charge is 0.394 e. The van der Waals surface area contributed by atoms with Crippen LogP contribution in [0, 0.1) is 0 Å². The molecule has 3 heterocycles. The third-order valence-corrected chi connectivity index (χ3v) is 2.80. The number of nitrogen functional groups attached to an aromatic ring is 1. The van der Waals surface area contributed by atoms with Crippen molar-refractivity contribution in [3.8, 4) is 0 Å². The van der Waals surface area contributed by atoms with Crippen LogP contribution in [0.4, 0.5) is 5.82 Å². The highest BCUT2D eigenvalue weighted by Crippen LogP contribution is 2.18. The molecule has 0 spiro atoms. The molecule has 1 fully saturated rings. The van der Waals surface area contributed by atoms with Gasteiger partial charge in [-0.15, -0.1) is 0 Å². The van der Waals surface area contributed by atoms with E-state index in [0.29, 0.717) is 11.5 Å². The fraction of sp³-hybridized carbons (Fsp3) is 0.500. The molecule has 0 amide bonds. The second-order valence-corrected chi connectivity index (χ2v) is 4.12. The molecule has 2 aromatic heterocycles. The molecular weight excluding hydrogens is 270 g/mol. The van der Waals surface area contributed by atoms with E-state index < -0.39 is 31.2 Å². The van der Waals surface area contributed by atoms with Crippen LogP contribution in [0.3, 0.4) is 0 Å². The Bertz CT molecular complexity index is 564. The monoisotopic (exact) mass is 285 g/mol. The average molecular weight is 285 g/mol. The highest BCUT2D eigenvalue weighted by atomic mass is 16.6. The average Bonchev–Trinajstić information content (AvgIpc) is 3.01. The van der Waals surface area contributed by atoms with Gasteiger partial charge in [0.2, 0.25) is 0 Å². The second-order valence-electron chi connectivity index (χ2n) is 4.12. The Labute approximate surface area is 112 Å². The van der Waals surface area contributed by atoms with Gasteiger partial charge >= 0.3 is 0 Å². The zero-order valence-corrected chi connectivity index (χ0v) is 10.3. The zero-order chi connectivity index (χ0) is 14.7. The molecule has 0 saturated carbocycles. The van der Waals surface area contributed by atoms with E-state index in [4.69, 9.17) is 26.2 Å². The van der Waals surface area contributed by atoms with E-state index >= 15 is 0 Å². The van der Waals surface area contributed by atoms with Crippen molar-refractivity contribution in [1.82, 2.24) is 20.2 Å². The van der Waals surface area contributed by atoms with Gasteiger partial charge in [-0.05, 0) is 0 Å². The van der Waals surface area contributed by atoms with Gasteiger partial charge in [-0.1, -0.05) is 0 Å². The number of H-pyrrole nitrogens is 1. The summed E-state index contributed by atoms with van der Waals surface area (Å²) in [6.45, 7) is -0.407. The van der Waals surface area contributed by atoms with Crippen LogP contribution < -0.4 is 5.73 Å². The topological polar surface area (TPSA) is 171 Å². The first-order valence-corrected chi connectivity index (χ1v) is 5.74. The van der Waals surface area contributed by atoms with Gasteiger partial charge in [0, 0.05) is 0 Å². The van der Waals surface area contributed by atoms with E-state index in [0.717, 1.165) is 5.39 Å². The molecular formula is C10H15N5O5. The zero-order valence-electron chi connectivity index (χ0n) is 10.3. The smallest absolute Gasteiger partial charge is 0.184 e. The predicted molar refractivity (Wildman–Crippen MR) is 66.1 cm³/mol. The number of anilines is 1. The molecule has 10 nitrogen and oxygen atoms in total. The normalized spacial score (nSPS) is 29.2. The molecule has 1 saturated heterocycles. The van der Waals surface area contributed by atoms with Crippen LogP contribution in [-0.2, 0) is 4.74 Å². The van der Waals surface area contributed by atoms with Crippen molar-refractivity contribution in [2.45, 2.75) is 24.6 Å². The fourth-order valence-electron chi connectivity index (χ4n) is 1.66. The van der Waals surface area contributed by atoms with E-state index in [1.807, 2.05) is 0 Å². The number of aliphatic hydroxyl groups is 4. The van der Waals surface area contributed by atoms with Crippen LogP contribution >= 0.6 is 0 Å². The number of ether oxygens (including phenoxy) is 1. The summed E-state index contributed by atoms with van der Waals surface area (Å²) in [4.78, 5) is 7.68. The lowest BCUT2D eigenvalue weighted by Crippen LogP contribution is -2.33. The molecule has 7 N–H and O–H groups in total. The number of nitrogens with one attached hydrogen (secondary N) is 1. The Morgan fingerprint density at radius 1 is 1.25 bits per heavy atom. The van der Waals surface area contributed by atoms with Gasteiger partial charge < -0.3 is 30.9 Å². The third-order valence-electron chi connectivity index (χ3n) is 2.80. The quantitative estimate of drug-likeness (QED) is 0.327. The lowest BCUT2D eigenvalue weighted by atomic mass is 10.1. The van der Waals surface area contributed by atoms with E-state index in [2.05, 4.69) is 24.9 Å². The van der Waals surface area contributed by atoms with Crippen molar-refractivity contribution in [2.24, 2.45) is 0 Å². The van der Waals surface area contributed by atoms with E-state index in [9.17, 15) is 0 Å².